The first-order chi connectivity index (χ1) is 11.7. The van der Waals surface area contributed by atoms with E-state index < -0.39 is 6.98 Å². The first-order valence-corrected chi connectivity index (χ1v) is 7.56. The van der Waals surface area contributed by atoms with Crippen molar-refractivity contribution in [1.29, 1.82) is 0 Å². The van der Waals surface area contributed by atoms with E-state index in [1.54, 1.807) is 6.08 Å². The fourth-order valence-electron chi connectivity index (χ4n) is 2.20. The number of hydrogen-bond donors (Lipinski definition) is 0. The minimum atomic E-state index is -2.15. The number of fused-ring (bicyclic) bond motifs is 1. The van der Waals surface area contributed by atoms with E-state index >= 15 is 0 Å². The van der Waals surface area contributed by atoms with Gasteiger partial charge in [0, 0.05) is 22.6 Å². The van der Waals surface area contributed by atoms with Crippen molar-refractivity contribution >= 4 is 10.8 Å². The maximum Gasteiger partial charge on any atom is 0.0394 e. The summed E-state index contributed by atoms with van der Waals surface area (Å²) in [5.74, 6) is 6.10. The standard InChI is InChI=1S/C21H25N/c1-21(2,3)15-8-5-9-16-22(4)17-19-13-10-12-18-11-6-7-14-20(18)19/h5-7,9-14H,16-17H2,1-4H3/b9-5+/i4D3. The third kappa shape index (κ3) is 5.06. The van der Waals surface area contributed by atoms with Crippen LogP contribution in [0.2, 0.25) is 0 Å². The van der Waals surface area contributed by atoms with Gasteiger partial charge in [0.15, 0.2) is 0 Å². The van der Waals surface area contributed by atoms with Crippen molar-refractivity contribution in [3.05, 3.63) is 60.2 Å². The lowest BCUT2D eigenvalue weighted by molar-refractivity contribution is 0.365. The summed E-state index contributed by atoms with van der Waals surface area (Å²) in [5, 5.41) is 2.22. The third-order valence-electron chi connectivity index (χ3n) is 3.22. The molecule has 0 bridgehead atoms. The lowest BCUT2D eigenvalue weighted by Gasteiger charge is -2.15. The third-order valence-corrected chi connectivity index (χ3v) is 3.22. The van der Waals surface area contributed by atoms with Crippen LogP contribution in [-0.4, -0.2) is 18.4 Å². The molecule has 2 rings (SSSR count). The summed E-state index contributed by atoms with van der Waals surface area (Å²) < 4.78 is 23.4. The highest BCUT2D eigenvalue weighted by Crippen LogP contribution is 2.19. The molecule has 0 spiro atoms. The maximum absolute atomic E-state index is 7.82. The normalized spacial score (nSPS) is 14.5. The highest BCUT2D eigenvalue weighted by atomic mass is 15.1. The summed E-state index contributed by atoms with van der Waals surface area (Å²) in [6.45, 7) is 4.68. The van der Waals surface area contributed by atoms with Crippen molar-refractivity contribution in [2.45, 2.75) is 27.3 Å². The van der Waals surface area contributed by atoms with Gasteiger partial charge >= 0.3 is 0 Å². The summed E-state index contributed by atoms with van der Waals surface area (Å²) in [6.07, 6.45) is 3.56. The van der Waals surface area contributed by atoms with Gasteiger partial charge < -0.3 is 0 Å². The molecule has 1 heteroatoms. The van der Waals surface area contributed by atoms with Crippen LogP contribution in [0.4, 0.5) is 0 Å². The monoisotopic (exact) mass is 294 g/mol. The molecule has 0 saturated heterocycles. The van der Waals surface area contributed by atoms with Gasteiger partial charge in [0.05, 0.1) is 0 Å². The second-order valence-corrected chi connectivity index (χ2v) is 6.44. The summed E-state index contributed by atoms with van der Waals surface area (Å²) in [5.41, 5.74) is 0.959. The number of benzene rings is 2. The number of allylic oxidation sites excluding steroid dienone is 1. The average Bonchev–Trinajstić information content (AvgIpc) is 2.51. The van der Waals surface area contributed by atoms with E-state index in [1.807, 2.05) is 69.3 Å². The van der Waals surface area contributed by atoms with E-state index in [2.05, 4.69) is 11.8 Å². The summed E-state index contributed by atoms with van der Waals surface area (Å²) in [6, 6.07) is 14.1. The Kier molecular flexibility index (Phi) is 4.14. The molecule has 0 aliphatic carbocycles. The molecule has 114 valence electrons. The van der Waals surface area contributed by atoms with E-state index in [-0.39, 0.29) is 5.41 Å². The van der Waals surface area contributed by atoms with E-state index in [9.17, 15) is 0 Å². The van der Waals surface area contributed by atoms with Gasteiger partial charge in [0.25, 0.3) is 0 Å². The van der Waals surface area contributed by atoms with Crippen LogP contribution >= 0.6 is 0 Å². The molecule has 0 N–H and O–H groups in total. The average molecular weight is 294 g/mol. The highest BCUT2D eigenvalue weighted by Gasteiger charge is 2.03. The van der Waals surface area contributed by atoms with Crippen LogP contribution in [0.25, 0.3) is 10.8 Å². The van der Waals surface area contributed by atoms with Crippen molar-refractivity contribution in [3.63, 3.8) is 0 Å². The van der Waals surface area contributed by atoms with Crippen molar-refractivity contribution in [3.8, 4) is 11.8 Å². The summed E-state index contributed by atoms with van der Waals surface area (Å²) in [7, 11) is 0. The zero-order chi connectivity index (χ0) is 18.5. The topological polar surface area (TPSA) is 3.24 Å². The molecule has 0 unspecified atom stereocenters. The van der Waals surface area contributed by atoms with E-state index in [4.69, 9.17) is 4.11 Å². The Morgan fingerprint density at radius 2 is 1.91 bits per heavy atom. The van der Waals surface area contributed by atoms with Crippen LogP contribution in [0.5, 0.6) is 0 Å². The molecule has 0 fully saturated rings. The molecule has 0 radical (unpaired) electrons. The van der Waals surface area contributed by atoms with Crippen molar-refractivity contribution in [2.24, 2.45) is 5.41 Å². The maximum atomic E-state index is 7.82. The largest absolute Gasteiger partial charge is 0.298 e. The Bertz CT molecular complexity index is 796. The molecule has 2 aromatic carbocycles. The van der Waals surface area contributed by atoms with E-state index in [0.717, 1.165) is 16.3 Å². The van der Waals surface area contributed by atoms with Crippen LogP contribution in [0, 0.1) is 17.3 Å². The SMILES string of the molecule is [2H]C([2H])([2H])N(C/C=C/C#CC(C)(C)C)Cc1cccc2ccccc12. The zero-order valence-corrected chi connectivity index (χ0v) is 13.6. The van der Waals surface area contributed by atoms with Crippen molar-refractivity contribution in [2.75, 3.05) is 13.5 Å². The Balaban J connectivity index is 2.18. The lowest BCUT2D eigenvalue weighted by atomic mass is 9.98. The summed E-state index contributed by atoms with van der Waals surface area (Å²) in [4.78, 5) is 1.49. The first kappa shape index (κ1) is 12.5. The van der Waals surface area contributed by atoms with Crippen molar-refractivity contribution < 1.29 is 4.11 Å². The molecule has 22 heavy (non-hydrogen) atoms. The second-order valence-electron chi connectivity index (χ2n) is 6.44. The molecule has 0 heterocycles. The fraction of sp³-hybridized carbons (Fsp3) is 0.333. The number of rotatable bonds is 4. The minimum absolute atomic E-state index is 0.0585. The molecular weight excluding hydrogens is 266 g/mol. The van der Waals surface area contributed by atoms with Crippen LogP contribution in [0.15, 0.2) is 54.6 Å². The fourth-order valence-corrected chi connectivity index (χ4v) is 2.20. The van der Waals surface area contributed by atoms with E-state index in [1.165, 1.54) is 4.90 Å². The quantitative estimate of drug-likeness (QED) is 0.727. The molecule has 1 nitrogen and oxygen atoms in total. The minimum Gasteiger partial charge on any atom is -0.298 e. The Hall–Kier alpha value is -2.04. The van der Waals surface area contributed by atoms with Gasteiger partial charge in [-0.05, 0) is 50.2 Å². The van der Waals surface area contributed by atoms with Gasteiger partial charge in [-0.15, -0.1) is 0 Å². The molecule has 0 aliphatic heterocycles. The van der Waals surface area contributed by atoms with Gasteiger partial charge in [-0.3, -0.25) is 4.90 Å². The smallest absolute Gasteiger partial charge is 0.0394 e. The summed E-state index contributed by atoms with van der Waals surface area (Å²) >= 11 is 0. The van der Waals surface area contributed by atoms with Gasteiger partial charge in [-0.25, -0.2) is 0 Å². The van der Waals surface area contributed by atoms with Crippen molar-refractivity contribution in [1.82, 2.24) is 4.90 Å². The van der Waals surface area contributed by atoms with Crippen LogP contribution < -0.4 is 0 Å². The zero-order valence-electron chi connectivity index (χ0n) is 16.6. The first-order valence-electron chi connectivity index (χ1n) is 9.06. The number of nitrogens with zero attached hydrogens (tertiary/aromatic N) is 1. The predicted molar refractivity (Wildman–Crippen MR) is 96.7 cm³/mol. The van der Waals surface area contributed by atoms with Gasteiger partial charge in [0.2, 0.25) is 0 Å². The molecule has 0 aromatic heterocycles. The van der Waals surface area contributed by atoms with E-state index in [0.29, 0.717) is 13.1 Å². The Morgan fingerprint density at radius 1 is 1.14 bits per heavy atom. The molecule has 0 amide bonds. The predicted octanol–water partition coefficient (Wildman–Crippen LogP) is 4.88. The number of hydrogen-bond acceptors (Lipinski definition) is 1. The Morgan fingerprint density at radius 3 is 2.68 bits per heavy atom. The van der Waals surface area contributed by atoms with Gasteiger partial charge in [-0.1, -0.05) is 60.4 Å². The van der Waals surface area contributed by atoms with Gasteiger partial charge in [-0.2, -0.15) is 0 Å². The molecular formula is C21H25N. The highest BCUT2D eigenvalue weighted by molar-refractivity contribution is 5.85. The number of likely N-dealkylation sites (N-methyl/N-ethyl adjacent to an activating group) is 1. The Labute approximate surface area is 138 Å². The lowest BCUT2D eigenvalue weighted by Crippen LogP contribution is -2.17. The molecule has 0 atom stereocenters. The van der Waals surface area contributed by atoms with Crippen LogP contribution in [0.1, 0.15) is 30.4 Å². The van der Waals surface area contributed by atoms with Gasteiger partial charge in [0.1, 0.15) is 0 Å². The van der Waals surface area contributed by atoms with Crippen LogP contribution in [-0.2, 0) is 6.54 Å². The molecule has 0 aliphatic rings. The molecule has 0 saturated carbocycles. The second kappa shape index (κ2) is 7.29. The molecule has 2 aromatic rings. The van der Waals surface area contributed by atoms with Crippen LogP contribution in [0.3, 0.4) is 0 Å².